The van der Waals surface area contributed by atoms with Crippen LogP contribution in [0.5, 0.6) is 0 Å². The number of rotatable bonds is 4. The molecule has 0 aliphatic carbocycles. The zero-order valence-corrected chi connectivity index (χ0v) is 11.1. The van der Waals surface area contributed by atoms with E-state index in [4.69, 9.17) is 5.11 Å². The summed E-state index contributed by atoms with van der Waals surface area (Å²) >= 11 is 0. The molecule has 1 aliphatic heterocycles. The van der Waals surface area contributed by atoms with Gasteiger partial charge < -0.3 is 10.0 Å². The number of nitrogens with zero attached hydrogens (tertiary/aromatic N) is 3. The highest BCUT2D eigenvalue weighted by molar-refractivity contribution is 5.92. The summed E-state index contributed by atoms with van der Waals surface area (Å²) in [5, 5.41) is 12.7. The van der Waals surface area contributed by atoms with Gasteiger partial charge in [-0.05, 0) is 24.8 Å². The van der Waals surface area contributed by atoms with Crippen LogP contribution in [-0.4, -0.2) is 44.8 Å². The van der Waals surface area contributed by atoms with Gasteiger partial charge in [0.25, 0.3) is 5.91 Å². The molecule has 0 unspecified atom stereocenters. The van der Waals surface area contributed by atoms with Crippen LogP contribution in [0.25, 0.3) is 0 Å². The van der Waals surface area contributed by atoms with Gasteiger partial charge in [0.05, 0.1) is 13.0 Å². The van der Waals surface area contributed by atoms with E-state index in [9.17, 15) is 9.59 Å². The van der Waals surface area contributed by atoms with Gasteiger partial charge in [0.15, 0.2) is 0 Å². The van der Waals surface area contributed by atoms with Crippen LogP contribution < -0.4 is 0 Å². The highest BCUT2D eigenvalue weighted by atomic mass is 16.4. The Bertz CT molecular complexity index is 461. The van der Waals surface area contributed by atoms with E-state index in [0.717, 1.165) is 25.9 Å². The van der Waals surface area contributed by atoms with Gasteiger partial charge in [0.2, 0.25) is 0 Å². The van der Waals surface area contributed by atoms with E-state index in [1.807, 2.05) is 4.90 Å². The van der Waals surface area contributed by atoms with E-state index < -0.39 is 5.97 Å². The van der Waals surface area contributed by atoms with Gasteiger partial charge in [0, 0.05) is 19.3 Å². The number of carboxylic acids is 1. The van der Waals surface area contributed by atoms with Crippen molar-refractivity contribution in [3.63, 3.8) is 0 Å². The lowest BCUT2D eigenvalue weighted by Gasteiger charge is -2.29. The number of likely N-dealkylation sites (tertiary alicyclic amines) is 1. The van der Waals surface area contributed by atoms with E-state index in [0.29, 0.717) is 18.2 Å². The lowest BCUT2D eigenvalue weighted by molar-refractivity contribution is -0.137. The maximum atomic E-state index is 12.2. The van der Waals surface area contributed by atoms with Gasteiger partial charge in [-0.1, -0.05) is 6.92 Å². The molecule has 1 N–H and O–H groups in total. The number of piperidine rings is 1. The smallest absolute Gasteiger partial charge is 0.305 e. The number of hydrogen-bond acceptors (Lipinski definition) is 3. The van der Waals surface area contributed by atoms with Crippen molar-refractivity contribution in [3.05, 3.63) is 18.0 Å². The molecule has 0 bridgehead atoms. The minimum atomic E-state index is -0.867. The lowest BCUT2D eigenvalue weighted by atomic mass is 9.99. The standard InChI is InChI=1S/C13H19N3O3/c1-10-2-6-15(7-3-10)13(19)11-4-8-16(14-11)9-5-12(17)18/h4,8,10H,2-3,5-7,9H2,1H3,(H,17,18). The quantitative estimate of drug-likeness (QED) is 0.888. The molecule has 104 valence electrons. The lowest BCUT2D eigenvalue weighted by Crippen LogP contribution is -2.38. The molecule has 1 aromatic rings. The molecule has 2 heterocycles. The highest BCUT2D eigenvalue weighted by Crippen LogP contribution is 2.17. The highest BCUT2D eigenvalue weighted by Gasteiger charge is 2.22. The van der Waals surface area contributed by atoms with Crippen LogP contribution in [0.1, 0.15) is 36.7 Å². The first-order valence-electron chi connectivity index (χ1n) is 6.61. The third-order valence-electron chi connectivity index (χ3n) is 3.49. The Labute approximate surface area is 112 Å². The summed E-state index contributed by atoms with van der Waals surface area (Å²) < 4.78 is 1.51. The van der Waals surface area contributed by atoms with Crippen LogP contribution in [0.15, 0.2) is 12.3 Å². The maximum Gasteiger partial charge on any atom is 0.305 e. The van der Waals surface area contributed by atoms with E-state index in [2.05, 4.69) is 12.0 Å². The van der Waals surface area contributed by atoms with Crippen LogP contribution in [-0.2, 0) is 11.3 Å². The zero-order valence-electron chi connectivity index (χ0n) is 11.1. The summed E-state index contributed by atoms with van der Waals surface area (Å²) in [5.41, 5.74) is 0.403. The van der Waals surface area contributed by atoms with Crippen molar-refractivity contribution < 1.29 is 14.7 Å². The molecule has 19 heavy (non-hydrogen) atoms. The van der Waals surface area contributed by atoms with Gasteiger partial charge >= 0.3 is 5.97 Å². The molecular formula is C13H19N3O3. The summed E-state index contributed by atoms with van der Waals surface area (Å²) in [6, 6.07) is 1.65. The number of aryl methyl sites for hydroxylation is 1. The Morgan fingerprint density at radius 2 is 2.11 bits per heavy atom. The summed E-state index contributed by atoms with van der Waals surface area (Å²) in [7, 11) is 0. The second-order valence-electron chi connectivity index (χ2n) is 5.08. The van der Waals surface area contributed by atoms with Crippen molar-refractivity contribution in [1.82, 2.24) is 14.7 Å². The van der Waals surface area contributed by atoms with Gasteiger partial charge in [-0.25, -0.2) is 0 Å². The average molecular weight is 265 g/mol. The summed E-state index contributed by atoms with van der Waals surface area (Å²) in [5.74, 6) is -0.244. The molecule has 0 saturated carbocycles. The fraction of sp³-hybridized carbons (Fsp3) is 0.615. The molecule has 1 aromatic heterocycles. The normalized spacial score (nSPS) is 16.6. The van der Waals surface area contributed by atoms with E-state index in [1.54, 1.807) is 12.3 Å². The molecule has 0 aromatic carbocycles. The minimum absolute atomic E-state index is 0.0105. The zero-order chi connectivity index (χ0) is 13.8. The monoisotopic (exact) mass is 265 g/mol. The third kappa shape index (κ3) is 3.56. The predicted octanol–water partition coefficient (Wildman–Crippen LogP) is 1.23. The van der Waals surface area contributed by atoms with Gasteiger partial charge in [-0.15, -0.1) is 0 Å². The van der Waals surface area contributed by atoms with Crippen molar-refractivity contribution >= 4 is 11.9 Å². The van der Waals surface area contributed by atoms with Gasteiger partial charge in [-0.2, -0.15) is 5.10 Å². The molecule has 1 amide bonds. The molecule has 1 saturated heterocycles. The first-order chi connectivity index (χ1) is 9.06. The fourth-order valence-corrected chi connectivity index (χ4v) is 2.18. The SMILES string of the molecule is CC1CCN(C(=O)c2ccn(CCC(=O)O)n2)CC1. The molecule has 0 radical (unpaired) electrons. The van der Waals surface area contributed by atoms with Crippen LogP contribution in [0.2, 0.25) is 0 Å². The van der Waals surface area contributed by atoms with Crippen molar-refractivity contribution in [3.8, 4) is 0 Å². The van der Waals surface area contributed by atoms with Crippen LogP contribution >= 0.6 is 0 Å². The molecule has 2 rings (SSSR count). The number of aliphatic carboxylic acids is 1. The van der Waals surface area contributed by atoms with Crippen molar-refractivity contribution in [2.24, 2.45) is 5.92 Å². The molecule has 1 fully saturated rings. The molecular weight excluding hydrogens is 246 g/mol. The number of hydrogen-bond donors (Lipinski definition) is 1. The van der Waals surface area contributed by atoms with Crippen LogP contribution in [0.4, 0.5) is 0 Å². The van der Waals surface area contributed by atoms with E-state index >= 15 is 0 Å². The number of carboxylic acid groups (broad SMARTS) is 1. The molecule has 1 aliphatic rings. The predicted molar refractivity (Wildman–Crippen MR) is 68.8 cm³/mol. The summed E-state index contributed by atoms with van der Waals surface area (Å²) in [6.45, 7) is 4.05. The molecule has 0 atom stereocenters. The van der Waals surface area contributed by atoms with Crippen LogP contribution in [0, 0.1) is 5.92 Å². The Morgan fingerprint density at radius 3 is 2.74 bits per heavy atom. The Hall–Kier alpha value is -1.85. The average Bonchev–Trinajstić information content (AvgIpc) is 2.85. The number of carbonyl (C=O) groups excluding carboxylic acids is 1. The second kappa shape index (κ2) is 5.86. The number of carbonyl (C=O) groups is 2. The summed E-state index contributed by atoms with van der Waals surface area (Å²) in [6.07, 6.45) is 3.73. The first kappa shape index (κ1) is 13.6. The number of aromatic nitrogens is 2. The minimum Gasteiger partial charge on any atom is -0.481 e. The molecule has 6 nitrogen and oxygen atoms in total. The Morgan fingerprint density at radius 1 is 1.42 bits per heavy atom. The Balaban J connectivity index is 1.94. The Kier molecular flexibility index (Phi) is 4.19. The van der Waals surface area contributed by atoms with E-state index in [1.165, 1.54) is 4.68 Å². The first-order valence-corrected chi connectivity index (χ1v) is 6.61. The van der Waals surface area contributed by atoms with E-state index in [-0.39, 0.29) is 12.3 Å². The van der Waals surface area contributed by atoms with Crippen molar-refractivity contribution in [2.75, 3.05) is 13.1 Å². The molecule has 0 spiro atoms. The second-order valence-corrected chi connectivity index (χ2v) is 5.08. The third-order valence-corrected chi connectivity index (χ3v) is 3.49. The van der Waals surface area contributed by atoms with Crippen molar-refractivity contribution in [2.45, 2.75) is 32.7 Å². The van der Waals surface area contributed by atoms with Gasteiger partial charge in [0.1, 0.15) is 5.69 Å². The van der Waals surface area contributed by atoms with Crippen molar-refractivity contribution in [1.29, 1.82) is 0 Å². The largest absolute Gasteiger partial charge is 0.481 e. The summed E-state index contributed by atoms with van der Waals surface area (Å²) in [4.78, 5) is 24.5. The topological polar surface area (TPSA) is 75.4 Å². The number of amides is 1. The van der Waals surface area contributed by atoms with Gasteiger partial charge in [-0.3, -0.25) is 14.3 Å². The van der Waals surface area contributed by atoms with Crippen LogP contribution in [0.3, 0.4) is 0 Å². The maximum absolute atomic E-state index is 12.2. The molecule has 6 heteroatoms. The fourth-order valence-electron chi connectivity index (χ4n) is 2.18.